The van der Waals surface area contributed by atoms with Crippen molar-refractivity contribution in [2.75, 3.05) is 13.2 Å². The first-order valence-corrected chi connectivity index (χ1v) is 7.07. The molecule has 0 radical (unpaired) electrons. The second kappa shape index (κ2) is 6.13. The zero-order chi connectivity index (χ0) is 16.3. The summed E-state index contributed by atoms with van der Waals surface area (Å²) in [6, 6.07) is 1.02. The van der Waals surface area contributed by atoms with Crippen LogP contribution >= 0.6 is 0 Å². The highest BCUT2D eigenvalue weighted by Crippen LogP contribution is 2.40. The molecule has 2 rings (SSSR count). The second-order valence-electron chi connectivity index (χ2n) is 4.97. The molecule has 1 aromatic heterocycles. The molecule has 1 aliphatic carbocycles. The van der Waals surface area contributed by atoms with E-state index in [1.54, 1.807) is 13.8 Å². The third kappa shape index (κ3) is 2.79. The monoisotopic (exact) mass is 307 g/mol. The average molecular weight is 307 g/mol. The Morgan fingerprint density at radius 1 is 1.18 bits per heavy atom. The summed E-state index contributed by atoms with van der Waals surface area (Å²) in [6.45, 7) is 3.49. The maximum atomic E-state index is 12.2. The van der Waals surface area contributed by atoms with Crippen molar-refractivity contribution in [2.45, 2.75) is 32.2 Å². The Balaban J connectivity index is 2.57. The third-order valence-electron chi connectivity index (χ3n) is 3.51. The SMILES string of the molecule is CCOC(=O)c1cc(=O)n(C2(C=O)CC2)cc1C(=O)OCC. The van der Waals surface area contributed by atoms with E-state index in [0.29, 0.717) is 19.1 Å². The van der Waals surface area contributed by atoms with Crippen LogP contribution in [0.5, 0.6) is 0 Å². The minimum absolute atomic E-state index is 0.0759. The van der Waals surface area contributed by atoms with Crippen LogP contribution in [0.3, 0.4) is 0 Å². The number of hydrogen-bond acceptors (Lipinski definition) is 6. The van der Waals surface area contributed by atoms with Crippen LogP contribution in [-0.2, 0) is 19.8 Å². The summed E-state index contributed by atoms with van der Waals surface area (Å²) >= 11 is 0. The Labute approximate surface area is 126 Å². The van der Waals surface area contributed by atoms with E-state index < -0.39 is 23.0 Å². The van der Waals surface area contributed by atoms with Gasteiger partial charge in [-0.1, -0.05) is 0 Å². The first-order chi connectivity index (χ1) is 10.5. The summed E-state index contributed by atoms with van der Waals surface area (Å²) in [7, 11) is 0. The van der Waals surface area contributed by atoms with Crippen molar-refractivity contribution in [3.8, 4) is 0 Å². The van der Waals surface area contributed by atoms with Crippen LogP contribution in [0.2, 0.25) is 0 Å². The lowest BCUT2D eigenvalue weighted by atomic mass is 10.1. The van der Waals surface area contributed by atoms with E-state index >= 15 is 0 Å². The summed E-state index contributed by atoms with van der Waals surface area (Å²) in [4.78, 5) is 47.3. The number of esters is 2. The van der Waals surface area contributed by atoms with E-state index in [0.717, 1.165) is 6.07 Å². The molecule has 0 amide bonds. The highest BCUT2D eigenvalue weighted by atomic mass is 16.5. The highest BCUT2D eigenvalue weighted by Gasteiger charge is 2.46. The molecule has 0 bridgehead atoms. The van der Waals surface area contributed by atoms with Gasteiger partial charge >= 0.3 is 11.9 Å². The number of hydrogen-bond donors (Lipinski definition) is 0. The van der Waals surface area contributed by atoms with Gasteiger partial charge in [0.1, 0.15) is 11.8 Å². The van der Waals surface area contributed by atoms with Crippen molar-refractivity contribution in [1.29, 1.82) is 0 Å². The summed E-state index contributed by atoms with van der Waals surface area (Å²) in [5.74, 6) is -1.51. The maximum absolute atomic E-state index is 12.2. The number of carbonyl (C=O) groups is 3. The van der Waals surface area contributed by atoms with Gasteiger partial charge < -0.3 is 18.8 Å². The highest BCUT2D eigenvalue weighted by molar-refractivity contribution is 6.02. The summed E-state index contributed by atoms with van der Waals surface area (Å²) in [6.07, 6.45) is 2.95. The number of pyridine rings is 1. The Morgan fingerprint density at radius 3 is 2.18 bits per heavy atom. The standard InChI is InChI=1S/C15H17NO6/c1-3-21-13(19)10-7-12(18)16(15(9-17)5-6-15)8-11(10)14(20)22-4-2/h7-9H,3-6H2,1-2H3. The Hall–Kier alpha value is -2.44. The molecule has 1 aliphatic rings. The molecule has 22 heavy (non-hydrogen) atoms. The summed E-state index contributed by atoms with van der Waals surface area (Å²) in [5, 5.41) is 0. The lowest BCUT2D eigenvalue weighted by molar-refractivity contribution is -0.111. The molecule has 0 saturated heterocycles. The zero-order valence-corrected chi connectivity index (χ0v) is 12.5. The van der Waals surface area contributed by atoms with E-state index in [9.17, 15) is 19.2 Å². The molecule has 1 aromatic rings. The number of nitrogens with zero attached hydrogens (tertiary/aromatic N) is 1. The van der Waals surface area contributed by atoms with Gasteiger partial charge in [0.25, 0.3) is 5.56 Å². The van der Waals surface area contributed by atoms with Crippen LogP contribution in [-0.4, -0.2) is 36.0 Å². The van der Waals surface area contributed by atoms with Crippen LogP contribution in [0, 0.1) is 0 Å². The Morgan fingerprint density at radius 2 is 1.73 bits per heavy atom. The fourth-order valence-electron chi connectivity index (χ4n) is 2.17. The maximum Gasteiger partial charge on any atom is 0.340 e. The first kappa shape index (κ1) is 15.9. The third-order valence-corrected chi connectivity index (χ3v) is 3.51. The van der Waals surface area contributed by atoms with Gasteiger partial charge in [0.2, 0.25) is 0 Å². The van der Waals surface area contributed by atoms with E-state index in [2.05, 4.69) is 0 Å². The lowest BCUT2D eigenvalue weighted by Crippen LogP contribution is -2.33. The number of carbonyl (C=O) groups excluding carboxylic acids is 3. The van der Waals surface area contributed by atoms with Crippen LogP contribution in [0.4, 0.5) is 0 Å². The van der Waals surface area contributed by atoms with E-state index in [1.807, 2.05) is 0 Å². The first-order valence-electron chi connectivity index (χ1n) is 7.07. The molecule has 7 nitrogen and oxygen atoms in total. The van der Waals surface area contributed by atoms with Gasteiger partial charge in [-0.3, -0.25) is 4.79 Å². The number of rotatable bonds is 6. The quantitative estimate of drug-likeness (QED) is 0.572. The van der Waals surface area contributed by atoms with Crippen molar-refractivity contribution < 1.29 is 23.9 Å². The summed E-state index contributed by atoms with van der Waals surface area (Å²) < 4.78 is 11.0. The van der Waals surface area contributed by atoms with Gasteiger partial charge in [-0.05, 0) is 26.7 Å². The van der Waals surface area contributed by atoms with Gasteiger partial charge in [0.15, 0.2) is 0 Å². The van der Waals surface area contributed by atoms with Crippen molar-refractivity contribution >= 4 is 18.2 Å². The molecule has 7 heteroatoms. The molecule has 0 aromatic carbocycles. The van der Waals surface area contributed by atoms with Crippen LogP contribution in [0.1, 0.15) is 47.4 Å². The second-order valence-corrected chi connectivity index (χ2v) is 4.97. The van der Waals surface area contributed by atoms with Gasteiger partial charge in [0.05, 0.1) is 24.3 Å². The van der Waals surface area contributed by atoms with Crippen LogP contribution < -0.4 is 5.56 Å². The van der Waals surface area contributed by atoms with E-state index in [4.69, 9.17) is 9.47 Å². The molecule has 0 N–H and O–H groups in total. The largest absolute Gasteiger partial charge is 0.462 e. The fourth-order valence-corrected chi connectivity index (χ4v) is 2.17. The smallest absolute Gasteiger partial charge is 0.340 e. The number of ether oxygens (including phenoxy) is 2. The normalized spacial score (nSPS) is 15.0. The fraction of sp³-hybridized carbons (Fsp3) is 0.467. The molecular weight excluding hydrogens is 290 g/mol. The molecular formula is C15H17NO6. The lowest BCUT2D eigenvalue weighted by Gasteiger charge is -2.15. The van der Waals surface area contributed by atoms with Crippen molar-refractivity contribution in [1.82, 2.24) is 4.57 Å². The van der Waals surface area contributed by atoms with Crippen molar-refractivity contribution in [2.24, 2.45) is 0 Å². The topological polar surface area (TPSA) is 91.7 Å². The van der Waals surface area contributed by atoms with Gasteiger partial charge in [-0.15, -0.1) is 0 Å². The van der Waals surface area contributed by atoms with E-state index in [-0.39, 0.29) is 24.3 Å². The predicted octanol–water partition coefficient (Wildman–Crippen LogP) is 0.890. The van der Waals surface area contributed by atoms with Crippen LogP contribution in [0.25, 0.3) is 0 Å². The predicted molar refractivity (Wildman–Crippen MR) is 75.9 cm³/mol. The van der Waals surface area contributed by atoms with Gasteiger partial charge in [-0.2, -0.15) is 0 Å². The van der Waals surface area contributed by atoms with Crippen molar-refractivity contribution in [3.63, 3.8) is 0 Å². The van der Waals surface area contributed by atoms with Gasteiger partial charge in [-0.25, -0.2) is 9.59 Å². The van der Waals surface area contributed by atoms with Crippen LogP contribution in [0.15, 0.2) is 17.1 Å². The molecule has 0 spiro atoms. The Bertz CT molecular complexity index is 671. The molecule has 0 unspecified atom stereocenters. The Kier molecular flexibility index (Phi) is 4.44. The minimum Gasteiger partial charge on any atom is -0.462 e. The molecule has 0 atom stereocenters. The number of aromatic nitrogens is 1. The molecule has 1 fully saturated rings. The summed E-state index contributed by atoms with van der Waals surface area (Å²) in [5.41, 5.74) is -1.66. The molecule has 1 saturated carbocycles. The molecule has 1 heterocycles. The molecule has 0 aliphatic heterocycles. The number of aldehydes is 1. The molecule has 118 valence electrons. The minimum atomic E-state index is -0.911. The van der Waals surface area contributed by atoms with Gasteiger partial charge in [0, 0.05) is 12.3 Å². The zero-order valence-electron chi connectivity index (χ0n) is 12.5. The van der Waals surface area contributed by atoms with E-state index in [1.165, 1.54) is 10.8 Å². The van der Waals surface area contributed by atoms with Crippen molar-refractivity contribution in [3.05, 3.63) is 33.7 Å². The average Bonchev–Trinajstić information content (AvgIpc) is 3.28.